The normalized spacial score (nSPS) is 19.3. The summed E-state index contributed by atoms with van der Waals surface area (Å²) in [6, 6.07) is 4.43. The predicted octanol–water partition coefficient (Wildman–Crippen LogP) is 4.62. The van der Waals surface area contributed by atoms with E-state index in [-0.39, 0.29) is 22.8 Å². The van der Waals surface area contributed by atoms with E-state index < -0.39 is 0 Å². The smallest absolute Gasteiger partial charge is 0.192 e. The number of nitrogens with zero attached hydrogens (tertiary/aromatic N) is 3. The van der Waals surface area contributed by atoms with Gasteiger partial charge in [0, 0.05) is 66.4 Å². The van der Waals surface area contributed by atoms with E-state index in [9.17, 15) is 9.59 Å². The molecule has 0 N–H and O–H groups in total. The van der Waals surface area contributed by atoms with E-state index in [1.807, 2.05) is 6.20 Å². The fourth-order valence-corrected chi connectivity index (χ4v) is 5.93. The third-order valence-corrected chi connectivity index (χ3v) is 7.81. The lowest BCUT2D eigenvalue weighted by Crippen LogP contribution is -2.28. The van der Waals surface area contributed by atoms with Crippen molar-refractivity contribution < 1.29 is 14.3 Å². The molecule has 35 heavy (non-hydrogen) atoms. The Balaban J connectivity index is 1.51. The third kappa shape index (κ3) is 3.64. The first-order chi connectivity index (χ1) is 16.9. The van der Waals surface area contributed by atoms with Gasteiger partial charge >= 0.3 is 0 Å². The third-order valence-electron chi connectivity index (χ3n) is 7.81. The standard InChI is InChI=1S/C28H31N3O4/c1-16(2)24-11-18-10-22(19-13-29-31(14-19)20-4-7-34-8-5-20)28-21(6-9-35-28)27(18)25-12-26(33)23(17(3)32)15-30(24)25/h10,12-16,20,24H,4-9,11H2,1-3H3. The number of pyridine rings is 1. The van der Waals surface area contributed by atoms with E-state index in [1.165, 1.54) is 12.5 Å². The Kier molecular flexibility index (Phi) is 5.40. The van der Waals surface area contributed by atoms with Gasteiger partial charge in [0.1, 0.15) is 5.75 Å². The molecule has 1 aromatic carbocycles. The average Bonchev–Trinajstić information content (AvgIpc) is 3.53. The van der Waals surface area contributed by atoms with Crippen LogP contribution < -0.4 is 10.2 Å². The van der Waals surface area contributed by atoms with Crippen LogP contribution in [0.5, 0.6) is 5.75 Å². The van der Waals surface area contributed by atoms with Gasteiger partial charge in [0.15, 0.2) is 11.2 Å². The van der Waals surface area contributed by atoms with E-state index in [0.717, 1.165) is 72.6 Å². The van der Waals surface area contributed by atoms with Crippen molar-refractivity contribution in [3.05, 3.63) is 57.6 Å². The molecule has 182 valence electrons. The molecule has 0 amide bonds. The molecule has 1 fully saturated rings. The number of ether oxygens (including phenoxy) is 2. The molecular formula is C28H31N3O4. The summed E-state index contributed by atoms with van der Waals surface area (Å²) < 4.78 is 15.9. The number of hydrogen-bond donors (Lipinski definition) is 0. The lowest BCUT2D eigenvalue weighted by Gasteiger charge is -2.34. The first-order valence-corrected chi connectivity index (χ1v) is 12.6. The number of carbonyl (C=O) groups is 1. The molecule has 0 bridgehead atoms. The molecule has 1 unspecified atom stereocenters. The zero-order valence-corrected chi connectivity index (χ0v) is 20.5. The van der Waals surface area contributed by atoms with Gasteiger partial charge in [-0.3, -0.25) is 14.3 Å². The van der Waals surface area contributed by atoms with Gasteiger partial charge in [-0.1, -0.05) is 13.8 Å². The Morgan fingerprint density at radius 1 is 1.14 bits per heavy atom. The first-order valence-electron chi connectivity index (χ1n) is 12.6. The second kappa shape index (κ2) is 8.48. The van der Waals surface area contributed by atoms with Gasteiger partial charge in [0.2, 0.25) is 0 Å². The highest BCUT2D eigenvalue weighted by Crippen LogP contribution is 2.48. The van der Waals surface area contributed by atoms with Crippen molar-refractivity contribution in [3.8, 4) is 28.1 Å². The van der Waals surface area contributed by atoms with E-state index in [4.69, 9.17) is 14.6 Å². The minimum absolute atomic E-state index is 0.161. The van der Waals surface area contributed by atoms with E-state index in [0.29, 0.717) is 18.6 Å². The maximum atomic E-state index is 12.9. The number of hydrogen-bond acceptors (Lipinski definition) is 5. The SMILES string of the molecule is CC(=O)c1cn2c(cc1=O)-c1c(cc(-c3cnn(C4CCOCC4)c3)c3c1CCO3)CC2C(C)C. The molecule has 2 aromatic heterocycles. The lowest BCUT2D eigenvalue weighted by atomic mass is 9.82. The summed E-state index contributed by atoms with van der Waals surface area (Å²) in [5.41, 5.74) is 6.57. The number of fused-ring (bicyclic) bond motifs is 5. The largest absolute Gasteiger partial charge is 0.492 e. The van der Waals surface area contributed by atoms with Crippen LogP contribution in [-0.2, 0) is 17.6 Å². The highest BCUT2D eigenvalue weighted by atomic mass is 16.5. The molecule has 7 heteroatoms. The Morgan fingerprint density at radius 3 is 2.69 bits per heavy atom. The number of ketones is 1. The predicted molar refractivity (Wildman–Crippen MR) is 133 cm³/mol. The summed E-state index contributed by atoms with van der Waals surface area (Å²) in [7, 11) is 0. The van der Waals surface area contributed by atoms with Crippen LogP contribution in [0.15, 0.2) is 35.5 Å². The van der Waals surface area contributed by atoms with Gasteiger partial charge in [-0.05, 0) is 43.7 Å². The van der Waals surface area contributed by atoms with Crippen molar-refractivity contribution in [3.63, 3.8) is 0 Å². The second-order valence-electron chi connectivity index (χ2n) is 10.3. The van der Waals surface area contributed by atoms with Crippen LogP contribution in [0.2, 0.25) is 0 Å². The van der Waals surface area contributed by atoms with Crippen LogP contribution in [0.4, 0.5) is 0 Å². The Hall–Kier alpha value is -3.19. The van der Waals surface area contributed by atoms with Crippen molar-refractivity contribution in [2.24, 2.45) is 5.92 Å². The summed E-state index contributed by atoms with van der Waals surface area (Å²) in [5, 5.41) is 4.70. The summed E-state index contributed by atoms with van der Waals surface area (Å²) >= 11 is 0. The highest BCUT2D eigenvalue weighted by molar-refractivity contribution is 5.94. The van der Waals surface area contributed by atoms with Crippen LogP contribution >= 0.6 is 0 Å². The quantitative estimate of drug-likeness (QED) is 0.517. The van der Waals surface area contributed by atoms with Gasteiger partial charge in [0.05, 0.1) is 30.1 Å². The highest BCUT2D eigenvalue weighted by Gasteiger charge is 2.33. The van der Waals surface area contributed by atoms with Crippen molar-refractivity contribution in [1.82, 2.24) is 14.3 Å². The number of carbonyl (C=O) groups excluding carboxylic acids is 1. The number of Topliss-reactive ketones (excluding diaryl/α,β-unsaturated/α-hetero) is 1. The maximum absolute atomic E-state index is 12.9. The Bertz CT molecular complexity index is 1380. The molecule has 5 heterocycles. The van der Waals surface area contributed by atoms with Gasteiger partial charge < -0.3 is 14.0 Å². The lowest BCUT2D eigenvalue weighted by molar-refractivity contribution is 0.0662. The molecule has 0 spiro atoms. The average molecular weight is 474 g/mol. The van der Waals surface area contributed by atoms with Crippen LogP contribution in [0.25, 0.3) is 22.4 Å². The van der Waals surface area contributed by atoms with Crippen LogP contribution in [-0.4, -0.2) is 40.0 Å². The molecular weight excluding hydrogens is 442 g/mol. The molecule has 1 atom stereocenters. The molecule has 0 radical (unpaired) electrons. The van der Waals surface area contributed by atoms with Crippen molar-refractivity contribution in [1.29, 1.82) is 0 Å². The van der Waals surface area contributed by atoms with E-state index >= 15 is 0 Å². The molecule has 7 nitrogen and oxygen atoms in total. The fourth-order valence-electron chi connectivity index (χ4n) is 5.93. The van der Waals surface area contributed by atoms with Crippen LogP contribution in [0.1, 0.15) is 67.2 Å². The van der Waals surface area contributed by atoms with Gasteiger partial charge in [-0.15, -0.1) is 0 Å². The Labute approximate surface area is 204 Å². The molecule has 0 saturated carbocycles. The molecule has 0 aliphatic carbocycles. The van der Waals surface area contributed by atoms with Crippen LogP contribution in [0, 0.1) is 5.92 Å². The minimum atomic E-state index is -0.214. The minimum Gasteiger partial charge on any atom is -0.492 e. The maximum Gasteiger partial charge on any atom is 0.192 e. The number of aromatic nitrogens is 3. The number of benzene rings is 1. The number of rotatable bonds is 4. The summed E-state index contributed by atoms with van der Waals surface area (Å²) in [6.45, 7) is 8.02. The molecule has 3 aliphatic rings. The van der Waals surface area contributed by atoms with Crippen LogP contribution in [0.3, 0.4) is 0 Å². The van der Waals surface area contributed by atoms with Crippen molar-refractivity contribution in [2.45, 2.75) is 58.5 Å². The van der Waals surface area contributed by atoms with E-state index in [2.05, 4.69) is 35.4 Å². The van der Waals surface area contributed by atoms with Gasteiger partial charge in [0.25, 0.3) is 0 Å². The Morgan fingerprint density at radius 2 is 1.94 bits per heavy atom. The van der Waals surface area contributed by atoms with Gasteiger partial charge in [-0.2, -0.15) is 5.10 Å². The molecule has 1 saturated heterocycles. The summed E-state index contributed by atoms with van der Waals surface area (Å²) in [5.74, 6) is 1.05. The summed E-state index contributed by atoms with van der Waals surface area (Å²) in [6.07, 6.45) is 9.46. The molecule has 3 aliphatic heterocycles. The first kappa shape index (κ1) is 22.3. The molecule has 6 rings (SSSR count). The van der Waals surface area contributed by atoms with Crippen molar-refractivity contribution in [2.75, 3.05) is 19.8 Å². The monoisotopic (exact) mass is 473 g/mol. The summed E-state index contributed by atoms with van der Waals surface area (Å²) in [4.78, 5) is 25.0. The zero-order chi connectivity index (χ0) is 24.3. The topological polar surface area (TPSA) is 75.4 Å². The molecule has 3 aromatic rings. The second-order valence-corrected chi connectivity index (χ2v) is 10.3. The fraction of sp³-hybridized carbons (Fsp3) is 0.464. The van der Waals surface area contributed by atoms with E-state index in [1.54, 1.807) is 12.3 Å². The van der Waals surface area contributed by atoms with Gasteiger partial charge in [-0.25, -0.2) is 0 Å². The zero-order valence-electron chi connectivity index (χ0n) is 20.5. The van der Waals surface area contributed by atoms with Crippen molar-refractivity contribution >= 4 is 5.78 Å².